The van der Waals surface area contributed by atoms with E-state index in [9.17, 15) is 4.79 Å². The highest BCUT2D eigenvalue weighted by molar-refractivity contribution is 14.0. The van der Waals surface area contributed by atoms with Crippen molar-refractivity contribution in [2.75, 3.05) is 57.9 Å². The van der Waals surface area contributed by atoms with Gasteiger partial charge in [-0.15, -0.1) is 24.0 Å². The molecule has 3 heterocycles. The summed E-state index contributed by atoms with van der Waals surface area (Å²) in [4.78, 5) is 23.2. The van der Waals surface area contributed by atoms with Gasteiger partial charge in [0.1, 0.15) is 0 Å². The largest absolute Gasteiger partial charge is 0.379 e. The van der Waals surface area contributed by atoms with Crippen molar-refractivity contribution in [3.8, 4) is 0 Å². The van der Waals surface area contributed by atoms with Gasteiger partial charge in [-0.25, -0.2) is 0 Å². The number of hydrogen-bond donors (Lipinski definition) is 1. The van der Waals surface area contributed by atoms with Gasteiger partial charge in [-0.05, 0) is 30.5 Å². The average Bonchev–Trinajstić information content (AvgIpc) is 3.39. The second kappa shape index (κ2) is 10.6. The number of nitrogens with one attached hydrogen (secondary N) is 1. The van der Waals surface area contributed by atoms with Gasteiger partial charge in [0.2, 0.25) is 5.91 Å². The van der Waals surface area contributed by atoms with Gasteiger partial charge in [-0.3, -0.25) is 14.7 Å². The summed E-state index contributed by atoms with van der Waals surface area (Å²) >= 11 is 0. The number of guanidine groups is 1. The van der Waals surface area contributed by atoms with E-state index in [1.165, 1.54) is 12.0 Å². The van der Waals surface area contributed by atoms with Gasteiger partial charge in [-0.2, -0.15) is 0 Å². The highest BCUT2D eigenvalue weighted by Crippen LogP contribution is 2.22. The molecule has 1 amide bonds. The third-order valence-corrected chi connectivity index (χ3v) is 6.01. The summed E-state index contributed by atoms with van der Waals surface area (Å²) in [6, 6.07) is 8.89. The van der Waals surface area contributed by atoms with E-state index in [1.54, 1.807) is 0 Å². The first-order valence-corrected chi connectivity index (χ1v) is 10.4. The number of benzene rings is 1. The number of morpholine rings is 1. The molecule has 7 nitrogen and oxygen atoms in total. The summed E-state index contributed by atoms with van der Waals surface area (Å²) in [6.45, 7) is 7.41. The van der Waals surface area contributed by atoms with Crippen molar-refractivity contribution in [2.24, 2.45) is 4.99 Å². The van der Waals surface area contributed by atoms with Crippen LogP contribution in [0.5, 0.6) is 0 Å². The molecule has 3 fully saturated rings. The van der Waals surface area contributed by atoms with Gasteiger partial charge in [0.25, 0.3) is 0 Å². The van der Waals surface area contributed by atoms with Crippen LogP contribution >= 0.6 is 24.0 Å². The molecule has 0 saturated carbocycles. The lowest BCUT2D eigenvalue weighted by Gasteiger charge is -2.32. The monoisotopic (exact) mass is 513 g/mol. The average molecular weight is 513 g/mol. The Morgan fingerprint density at radius 1 is 1.17 bits per heavy atom. The Morgan fingerprint density at radius 3 is 2.59 bits per heavy atom. The Morgan fingerprint density at radius 2 is 1.93 bits per heavy atom. The number of aliphatic imine (C=N–C) groups is 1. The number of likely N-dealkylation sites (tertiary alicyclic amines) is 1. The van der Waals surface area contributed by atoms with Crippen LogP contribution in [0, 0.1) is 0 Å². The number of rotatable bonds is 4. The van der Waals surface area contributed by atoms with Crippen LogP contribution in [0.1, 0.15) is 24.8 Å². The number of hydrogen-bond acceptors (Lipinski definition) is 4. The second-order valence-corrected chi connectivity index (χ2v) is 7.75. The van der Waals surface area contributed by atoms with Crippen molar-refractivity contribution in [3.05, 3.63) is 29.8 Å². The first kappa shape index (κ1) is 22.3. The Bertz CT molecular complexity index is 706. The van der Waals surface area contributed by atoms with Crippen LogP contribution in [0.15, 0.2) is 29.3 Å². The van der Waals surface area contributed by atoms with Crippen LogP contribution in [-0.2, 0) is 16.1 Å². The fourth-order valence-electron chi connectivity index (χ4n) is 4.40. The zero-order valence-corrected chi connectivity index (χ0v) is 19.5. The first-order valence-electron chi connectivity index (χ1n) is 10.4. The van der Waals surface area contributed by atoms with Crippen LogP contribution in [0.25, 0.3) is 0 Å². The quantitative estimate of drug-likeness (QED) is 0.379. The van der Waals surface area contributed by atoms with Crippen molar-refractivity contribution in [1.82, 2.24) is 15.1 Å². The maximum Gasteiger partial charge on any atom is 0.227 e. The lowest BCUT2D eigenvalue weighted by atomic mass is 10.2. The van der Waals surface area contributed by atoms with Crippen LogP contribution in [0.2, 0.25) is 0 Å². The summed E-state index contributed by atoms with van der Waals surface area (Å²) in [5.74, 6) is 1.20. The molecule has 0 aromatic heterocycles. The molecule has 1 aromatic rings. The molecule has 1 atom stereocenters. The van der Waals surface area contributed by atoms with E-state index in [0.717, 1.165) is 70.6 Å². The SMILES string of the molecule is CN=C(NCc1ccc(N2CCCC2=O)cc1)N1CCC(N2CCOCC2)C1.I. The second-order valence-electron chi connectivity index (χ2n) is 7.75. The molecule has 29 heavy (non-hydrogen) atoms. The maximum atomic E-state index is 11.9. The van der Waals surface area contributed by atoms with E-state index < -0.39 is 0 Å². The number of amides is 1. The van der Waals surface area contributed by atoms with Crippen LogP contribution in [0.3, 0.4) is 0 Å². The number of carbonyl (C=O) groups is 1. The molecule has 0 radical (unpaired) electrons. The molecule has 1 N–H and O–H groups in total. The molecular weight excluding hydrogens is 481 g/mol. The molecule has 0 spiro atoms. The topological polar surface area (TPSA) is 60.4 Å². The third-order valence-electron chi connectivity index (χ3n) is 6.01. The minimum atomic E-state index is 0. The number of carbonyl (C=O) groups excluding carboxylic acids is 1. The molecule has 4 rings (SSSR count). The molecule has 8 heteroatoms. The maximum absolute atomic E-state index is 11.9. The van der Waals surface area contributed by atoms with Crippen molar-refractivity contribution >= 4 is 41.5 Å². The van der Waals surface area contributed by atoms with Gasteiger partial charge < -0.3 is 19.9 Å². The van der Waals surface area contributed by atoms with Gasteiger partial charge in [0.15, 0.2) is 5.96 Å². The van der Waals surface area contributed by atoms with Crippen LogP contribution < -0.4 is 10.2 Å². The summed E-state index contributed by atoms with van der Waals surface area (Å²) in [7, 11) is 1.85. The van der Waals surface area contributed by atoms with E-state index in [4.69, 9.17) is 4.74 Å². The summed E-state index contributed by atoms with van der Waals surface area (Å²) in [5.41, 5.74) is 2.20. The fraction of sp³-hybridized carbons (Fsp3) is 0.619. The smallest absolute Gasteiger partial charge is 0.227 e. The highest BCUT2D eigenvalue weighted by Gasteiger charge is 2.30. The minimum Gasteiger partial charge on any atom is -0.379 e. The van der Waals surface area contributed by atoms with Gasteiger partial charge in [-0.1, -0.05) is 12.1 Å². The highest BCUT2D eigenvalue weighted by atomic mass is 127. The van der Waals surface area contributed by atoms with E-state index >= 15 is 0 Å². The minimum absolute atomic E-state index is 0. The normalized spacial score (nSPS) is 23.4. The molecule has 0 aliphatic carbocycles. The number of nitrogens with zero attached hydrogens (tertiary/aromatic N) is 4. The van der Waals surface area contributed by atoms with Crippen LogP contribution in [0.4, 0.5) is 5.69 Å². The molecule has 0 bridgehead atoms. The van der Waals surface area contributed by atoms with E-state index in [-0.39, 0.29) is 29.9 Å². The standard InChI is InChI=1S/C21H31N5O2.HI/c1-22-21(25-10-8-19(16-25)24-11-13-28-14-12-24)23-15-17-4-6-18(7-5-17)26-9-2-3-20(26)27;/h4-7,19H,2-3,8-16H2,1H3,(H,22,23);1H. The molecule has 3 aliphatic rings. The number of anilines is 1. The lowest BCUT2D eigenvalue weighted by molar-refractivity contribution is -0.117. The third kappa shape index (κ3) is 5.40. The molecular formula is C21H32IN5O2. The van der Waals surface area contributed by atoms with Gasteiger partial charge >= 0.3 is 0 Å². The predicted octanol–water partition coefficient (Wildman–Crippen LogP) is 1.91. The zero-order valence-electron chi connectivity index (χ0n) is 17.2. The summed E-state index contributed by atoms with van der Waals surface area (Å²) in [5, 5.41) is 3.50. The van der Waals surface area contributed by atoms with Crippen molar-refractivity contribution < 1.29 is 9.53 Å². The molecule has 1 unspecified atom stereocenters. The van der Waals surface area contributed by atoms with E-state index in [2.05, 4.69) is 32.2 Å². The van der Waals surface area contributed by atoms with Gasteiger partial charge in [0.05, 0.1) is 13.2 Å². The Kier molecular flexibility index (Phi) is 8.14. The molecule has 1 aromatic carbocycles. The lowest BCUT2D eigenvalue weighted by Crippen LogP contribution is -2.46. The van der Waals surface area contributed by atoms with Crippen molar-refractivity contribution in [1.29, 1.82) is 0 Å². The summed E-state index contributed by atoms with van der Waals surface area (Å²) in [6.07, 6.45) is 2.81. The fourth-order valence-corrected chi connectivity index (χ4v) is 4.40. The molecule has 3 aliphatic heterocycles. The van der Waals surface area contributed by atoms with Crippen LogP contribution in [-0.4, -0.2) is 80.7 Å². The molecule has 160 valence electrons. The Hall–Kier alpha value is -1.39. The Labute approximate surface area is 190 Å². The van der Waals surface area contributed by atoms with Crippen molar-refractivity contribution in [3.63, 3.8) is 0 Å². The van der Waals surface area contributed by atoms with Gasteiger partial charge in [0, 0.05) is 64.5 Å². The van der Waals surface area contributed by atoms with Crippen molar-refractivity contribution in [2.45, 2.75) is 31.8 Å². The molecule has 3 saturated heterocycles. The summed E-state index contributed by atoms with van der Waals surface area (Å²) < 4.78 is 5.48. The van der Waals surface area contributed by atoms with E-state index in [1.807, 2.05) is 24.1 Å². The van der Waals surface area contributed by atoms with E-state index in [0.29, 0.717) is 12.5 Å². The number of ether oxygens (including phenoxy) is 1. The Balaban J connectivity index is 0.00000240. The zero-order chi connectivity index (χ0) is 19.3. The predicted molar refractivity (Wildman–Crippen MR) is 126 cm³/mol. The first-order chi connectivity index (χ1) is 13.7. The number of halogens is 1.